The number of rotatable bonds is 8. The highest BCUT2D eigenvalue weighted by Gasteiger charge is 2.39. The van der Waals surface area contributed by atoms with E-state index < -0.39 is 5.60 Å². The van der Waals surface area contributed by atoms with Gasteiger partial charge in [-0.05, 0) is 56.9 Å². The van der Waals surface area contributed by atoms with Gasteiger partial charge in [0.25, 0.3) is 5.91 Å². The van der Waals surface area contributed by atoms with Gasteiger partial charge in [-0.25, -0.2) is 4.98 Å². The predicted octanol–water partition coefficient (Wildman–Crippen LogP) is 4.65. The fourth-order valence-corrected chi connectivity index (χ4v) is 6.13. The topological polar surface area (TPSA) is 91.7 Å². The summed E-state index contributed by atoms with van der Waals surface area (Å²) < 4.78 is 7.39. The van der Waals surface area contributed by atoms with E-state index in [9.17, 15) is 9.90 Å². The zero-order chi connectivity index (χ0) is 27.4. The maximum Gasteiger partial charge on any atom is 0.275 e. The molecule has 8 nitrogen and oxygen atoms in total. The Hall–Kier alpha value is -3.36. The molecule has 1 aliphatic carbocycles. The van der Waals surface area contributed by atoms with E-state index in [1.165, 1.54) is 0 Å². The highest BCUT2D eigenvalue weighted by atomic mass is 16.5. The number of imidazole rings is 1. The predicted molar refractivity (Wildman–Crippen MR) is 154 cm³/mol. The van der Waals surface area contributed by atoms with E-state index in [1.807, 2.05) is 60.4 Å². The number of piperazine rings is 1. The van der Waals surface area contributed by atoms with Crippen molar-refractivity contribution in [3.8, 4) is 17.0 Å². The molecule has 5 rings (SSSR count). The summed E-state index contributed by atoms with van der Waals surface area (Å²) in [5, 5.41) is 18.3. The molecular weight excluding hydrogens is 490 g/mol. The van der Waals surface area contributed by atoms with Gasteiger partial charge < -0.3 is 29.9 Å². The van der Waals surface area contributed by atoms with Crippen LogP contribution in [0.15, 0.2) is 54.9 Å². The lowest BCUT2D eigenvalue weighted by atomic mass is 9.81. The second-order valence-corrected chi connectivity index (χ2v) is 11.1. The van der Waals surface area contributed by atoms with Crippen molar-refractivity contribution in [3.05, 3.63) is 66.1 Å². The molecule has 1 aliphatic heterocycles. The number of amides is 1. The summed E-state index contributed by atoms with van der Waals surface area (Å²) >= 11 is 0. The second-order valence-electron chi connectivity index (χ2n) is 11.1. The van der Waals surface area contributed by atoms with Crippen molar-refractivity contribution in [2.24, 2.45) is 0 Å². The molecule has 208 valence electrons. The van der Waals surface area contributed by atoms with Crippen LogP contribution in [0.3, 0.4) is 0 Å². The molecule has 1 aromatic heterocycles. The van der Waals surface area contributed by atoms with E-state index in [-0.39, 0.29) is 18.0 Å². The summed E-state index contributed by atoms with van der Waals surface area (Å²) in [6.45, 7) is 6.85. The summed E-state index contributed by atoms with van der Waals surface area (Å²) in [5.74, 6) is 0.796. The number of hydrogen-bond donors (Lipinski definition) is 3. The summed E-state index contributed by atoms with van der Waals surface area (Å²) in [7, 11) is 1.67. The molecule has 8 heteroatoms. The Kier molecular flexibility index (Phi) is 8.23. The smallest absolute Gasteiger partial charge is 0.275 e. The van der Waals surface area contributed by atoms with Crippen molar-refractivity contribution in [1.82, 2.24) is 19.8 Å². The number of carbonyl (C=O) groups is 1. The standard InChI is InChI=1S/C31H41N5O3/c1-22-19-25(39-3)12-13-26(22)33-16-14-24-20-32-17-18-35(24)30(37)28-29(23-9-5-4-6-10-23)36(21-34-28)27-11-7-8-15-31(27,2)38/h4-6,9-10,12-13,19,21,24,27,32-33,38H,7-8,11,14-18,20H2,1-3H3/t24-,27-,31+/m1/s1. The minimum atomic E-state index is -0.842. The molecular formula is C31H41N5O3. The van der Waals surface area contributed by atoms with Gasteiger partial charge >= 0.3 is 0 Å². The zero-order valence-electron chi connectivity index (χ0n) is 23.3. The molecule has 0 unspecified atom stereocenters. The van der Waals surface area contributed by atoms with Crippen LogP contribution in [-0.2, 0) is 0 Å². The molecule has 3 N–H and O–H groups in total. The van der Waals surface area contributed by atoms with E-state index in [0.717, 1.165) is 80.0 Å². The number of aromatic nitrogens is 2. The van der Waals surface area contributed by atoms with E-state index >= 15 is 0 Å². The maximum absolute atomic E-state index is 14.1. The van der Waals surface area contributed by atoms with Crippen LogP contribution >= 0.6 is 0 Å². The van der Waals surface area contributed by atoms with Crippen molar-refractivity contribution >= 4 is 11.6 Å². The number of methoxy groups -OCH3 is 1. The average Bonchev–Trinajstić information content (AvgIpc) is 3.38. The van der Waals surface area contributed by atoms with Gasteiger partial charge in [0.2, 0.25) is 0 Å². The normalized spacial score (nSPS) is 23.4. The third-order valence-corrected chi connectivity index (χ3v) is 8.35. The van der Waals surface area contributed by atoms with Crippen LogP contribution in [-0.4, -0.2) is 70.4 Å². The molecule has 2 heterocycles. The number of nitrogens with zero attached hydrogens (tertiary/aromatic N) is 3. The van der Waals surface area contributed by atoms with Gasteiger partial charge in [0.15, 0.2) is 5.69 Å². The summed E-state index contributed by atoms with van der Waals surface area (Å²) in [6.07, 6.45) is 6.25. The number of hydrogen-bond acceptors (Lipinski definition) is 6. The quantitative estimate of drug-likeness (QED) is 0.392. The highest BCUT2D eigenvalue weighted by molar-refractivity contribution is 5.98. The van der Waals surface area contributed by atoms with Gasteiger partial charge in [0.05, 0.1) is 30.8 Å². The highest BCUT2D eigenvalue weighted by Crippen LogP contribution is 2.40. The van der Waals surface area contributed by atoms with Gasteiger partial charge in [0, 0.05) is 43.5 Å². The van der Waals surface area contributed by atoms with E-state index in [1.54, 1.807) is 13.4 Å². The molecule has 2 aromatic carbocycles. The van der Waals surface area contributed by atoms with Gasteiger partial charge in [-0.1, -0.05) is 43.2 Å². The van der Waals surface area contributed by atoms with Crippen LogP contribution in [0, 0.1) is 6.92 Å². The Balaban J connectivity index is 1.38. The Morgan fingerprint density at radius 1 is 1.23 bits per heavy atom. The molecule has 2 fully saturated rings. The third kappa shape index (κ3) is 5.82. The molecule has 3 atom stereocenters. The number of anilines is 1. The molecule has 0 bridgehead atoms. The Bertz CT molecular complexity index is 1270. The zero-order valence-corrected chi connectivity index (χ0v) is 23.3. The molecule has 2 aliphatic rings. The Morgan fingerprint density at radius 3 is 2.79 bits per heavy atom. The molecule has 1 saturated carbocycles. The monoisotopic (exact) mass is 531 g/mol. The average molecular weight is 532 g/mol. The van der Waals surface area contributed by atoms with Crippen LogP contribution in [0.4, 0.5) is 5.69 Å². The number of benzene rings is 2. The minimum absolute atomic E-state index is 0.0452. The van der Waals surface area contributed by atoms with Crippen LogP contribution in [0.5, 0.6) is 5.75 Å². The summed E-state index contributed by atoms with van der Waals surface area (Å²) in [5.41, 5.74) is 3.57. The number of ether oxygens (including phenoxy) is 1. The first kappa shape index (κ1) is 27.2. The molecule has 0 spiro atoms. The lowest BCUT2D eigenvalue weighted by Crippen LogP contribution is -2.54. The number of nitrogens with one attached hydrogen (secondary N) is 2. The van der Waals surface area contributed by atoms with Crippen molar-refractivity contribution in [2.75, 3.05) is 38.6 Å². The van der Waals surface area contributed by atoms with Crippen LogP contribution in [0.25, 0.3) is 11.3 Å². The van der Waals surface area contributed by atoms with E-state index in [2.05, 4.69) is 22.1 Å². The van der Waals surface area contributed by atoms with Gasteiger partial charge in [-0.15, -0.1) is 0 Å². The summed E-state index contributed by atoms with van der Waals surface area (Å²) in [4.78, 5) is 20.8. The fourth-order valence-electron chi connectivity index (χ4n) is 6.13. The fraction of sp³-hybridized carbons (Fsp3) is 0.484. The van der Waals surface area contributed by atoms with Crippen LogP contribution in [0.1, 0.15) is 61.1 Å². The van der Waals surface area contributed by atoms with E-state index in [4.69, 9.17) is 9.72 Å². The first-order valence-electron chi connectivity index (χ1n) is 14.1. The summed E-state index contributed by atoms with van der Waals surface area (Å²) in [6, 6.07) is 15.9. The lowest BCUT2D eigenvalue weighted by molar-refractivity contribution is -0.0243. The molecule has 39 heavy (non-hydrogen) atoms. The van der Waals surface area contributed by atoms with Crippen LogP contribution < -0.4 is 15.4 Å². The van der Waals surface area contributed by atoms with Crippen molar-refractivity contribution in [3.63, 3.8) is 0 Å². The van der Waals surface area contributed by atoms with Crippen LogP contribution in [0.2, 0.25) is 0 Å². The molecule has 1 amide bonds. The Labute approximate surface area is 231 Å². The largest absolute Gasteiger partial charge is 0.497 e. The SMILES string of the molecule is COc1ccc(NCC[C@@H]2CNCCN2C(=O)c2ncn([C@@H]3CCCC[C@]3(C)O)c2-c2ccccc2)c(C)c1. The van der Waals surface area contributed by atoms with Gasteiger partial charge in [-0.2, -0.15) is 0 Å². The minimum Gasteiger partial charge on any atom is -0.497 e. The third-order valence-electron chi connectivity index (χ3n) is 8.35. The molecule has 1 saturated heterocycles. The van der Waals surface area contributed by atoms with Crippen molar-refractivity contribution in [1.29, 1.82) is 0 Å². The van der Waals surface area contributed by atoms with Crippen molar-refractivity contribution in [2.45, 2.75) is 63.6 Å². The molecule has 0 radical (unpaired) electrons. The number of aliphatic hydroxyl groups is 1. The van der Waals surface area contributed by atoms with Gasteiger partial charge in [-0.3, -0.25) is 4.79 Å². The lowest BCUT2D eigenvalue weighted by Gasteiger charge is -2.39. The first-order valence-corrected chi connectivity index (χ1v) is 14.1. The first-order chi connectivity index (χ1) is 18.9. The second kappa shape index (κ2) is 11.8. The number of carbonyl (C=O) groups excluding carboxylic acids is 1. The Morgan fingerprint density at radius 2 is 2.05 bits per heavy atom. The molecule has 3 aromatic rings. The maximum atomic E-state index is 14.1. The number of aryl methyl sites for hydroxylation is 1. The van der Waals surface area contributed by atoms with E-state index in [0.29, 0.717) is 12.2 Å². The van der Waals surface area contributed by atoms with Gasteiger partial charge in [0.1, 0.15) is 5.75 Å². The van der Waals surface area contributed by atoms with Crippen molar-refractivity contribution < 1.29 is 14.6 Å².